The van der Waals surface area contributed by atoms with Gasteiger partial charge in [0.2, 0.25) is 0 Å². The monoisotopic (exact) mass is 331 g/mol. The number of nitrogens with zero attached hydrogens (tertiary/aromatic N) is 1. The number of thiophene rings is 1. The second-order valence-corrected chi connectivity index (χ2v) is 8.59. The van der Waals surface area contributed by atoms with Crippen molar-refractivity contribution < 1.29 is 9.18 Å². The van der Waals surface area contributed by atoms with Crippen LogP contribution in [0.1, 0.15) is 42.8 Å². The third kappa shape index (κ3) is 2.52. The Bertz CT molecular complexity index is 758. The zero-order valence-electron chi connectivity index (χ0n) is 13.6. The standard InChI is InChI=1S/C19H22FNOS/c1-19(2)15(12-5-7-21(19)8-6-12)11-16(22)18-10-13-9-14(20)3-4-17(13)23-18/h3-4,9-10,12,15H,5-8,11H2,1-2H3/t15-/m0/s1. The average molecular weight is 331 g/mol. The van der Waals surface area contributed by atoms with Crippen molar-refractivity contribution in [2.45, 2.75) is 38.6 Å². The lowest BCUT2D eigenvalue weighted by Crippen LogP contribution is -2.61. The Morgan fingerprint density at radius 1 is 1.30 bits per heavy atom. The summed E-state index contributed by atoms with van der Waals surface area (Å²) >= 11 is 1.49. The SMILES string of the molecule is CC1(C)[C@@H](CC(=O)c2cc3cc(F)ccc3s2)C2CCN1CC2. The molecule has 0 spiro atoms. The number of fused-ring (bicyclic) bond motifs is 4. The van der Waals surface area contributed by atoms with E-state index in [9.17, 15) is 9.18 Å². The maximum Gasteiger partial charge on any atom is 0.173 e. The van der Waals surface area contributed by atoms with Gasteiger partial charge in [-0.1, -0.05) is 0 Å². The molecule has 2 nitrogen and oxygen atoms in total. The highest BCUT2D eigenvalue weighted by Gasteiger charge is 2.47. The van der Waals surface area contributed by atoms with Crippen LogP contribution in [0.5, 0.6) is 0 Å². The summed E-state index contributed by atoms with van der Waals surface area (Å²) in [4.78, 5) is 16.2. The summed E-state index contributed by atoms with van der Waals surface area (Å²) < 4.78 is 14.3. The number of carbonyl (C=O) groups excluding carboxylic acids is 1. The summed E-state index contributed by atoms with van der Waals surface area (Å²) in [5.41, 5.74) is 0.111. The summed E-state index contributed by atoms with van der Waals surface area (Å²) in [5, 5.41) is 0.839. The number of piperidine rings is 3. The molecule has 4 heteroatoms. The Kier molecular flexibility index (Phi) is 3.58. The van der Waals surface area contributed by atoms with Crippen LogP contribution in [0, 0.1) is 17.7 Å². The van der Waals surface area contributed by atoms with Gasteiger partial charge in [0.15, 0.2) is 5.78 Å². The summed E-state index contributed by atoms with van der Waals surface area (Å²) in [6.07, 6.45) is 3.06. The lowest BCUT2D eigenvalue weighted by molar-refractivity contribution is -0.0643. The van der Waals surface area contributed by atoms with Gasteiger partial charge < -0.3 is 0 Å². The van der Waals surface area contributed by atoms with E-state index in [-0.39, 0.29) is 17.1 Å². The summed E-state index contributed by atoms with van der Waals surface area (Å²) in [6, 6.07) is 6.61. The van der Waals surface area contributed by atoms with E-state index in [1.165, 1.54) is 49.4 Å². The van der Waals surface area contributed by atoms with Crippen LogP contribution >= 0.6 is 11.3 Å². The van der Waals surface area contributed by atoms with E-state index in [1.807, 2.05) is 6.07 Å². The molecule has 3 aliphatic heterocycles. The van der Waals surface area contributed by atoms with E-state index in [0.29, 0.717) is 18.3 Å². The van der Waals surface area contributed by atoms with Crippen molar-refractivity contribution >= 4 is 27.2 Å². The number of rotatable bonds is 3. The van der Waals surface area contributed by atoms with Gasteiger partial charge in [-0.15, -0.1) is 11.3 Å². The number of hydrogen-bond donors (Lipinski definition) is 0. The smallest absolute Gasteiger partial charge is 0.173 e. The number of hydrogen-bond acceptors (Lipinski definition) is 3. The van der Waals surface area contributed by atoms with Crippen LogP contribution in [-0.4, -0.2) is 29.3 Å². The molecule has 0 saturated carbocycles. The highest BCUT2D eigenvalue weighted by Crippen LogP contribution is 2.46. The highest BCUT2D eigenvalue weighted by molar-refractivity contribution is 7.20. The number of carbonyl (C=O) groups is 1. The topological polar surface area (TPSA) is 20.3 Å². The molecule has 1 aromatic carbocycles. The van der Waals surface area contributed by atoms with Crippen molar-refractivity contribution in [1.29, 1.82) is 0 Å². The van der Waals surface area contributed by atoms with Gasteiger partial charge >= 0.3 is 0 Å². The fraction of sp³-hybridized carbons (Fsp3) is 0.526. The highest BCUT2D eigenvalue weighted by atomic mass is 32.1. The Balaban J connectivity index is 1.59. The largest absolute Gasteiger partial charge is 0.298 e. The molecule has 4 heterocycles. The Morgan fingerprint density at radius 2 is 2.04 bits per heavy atom. The fourth-order valence-corrected chi connectivity index (χ4v) is 5.55. The van der Waals surface area contributed by atoms with Crippen molar-refractivity contribution in [3.63, 3.8) is 0 Å². The summed E-state index contributed by atoms with van der Waals surface area (Å²) in [5.74, 6) is 1.08. The third-order valence-corrected chi connectivity index (χ3v) is 7.15. The van der Waals surface area contributed by atoms with E-state index in [2.05, 4.69) is 18.7 Å². The molecular formula is C19H22FNOS. The molecule has 2 bridgehead atoms. The molecule has 0 radical (unpaired) electrons. The first kappa shape index (κ1) is 15.3. The molecular weight excluding hydrogens is 309 g/mol. The second-order valence-electron chi connectivity index (χ2n) is 7.50. The molecule has 2 aromatic rings. The van der Waals surface area contributed by atoms with Gasteiger partial charge in [-0.25, -0.2) is 4.39 Å². The van der Waals surface area contributed by atoms with Crippen LogP contribution in [0.15, 0.2) is 24.3 Å². The van der Waals surface area contributed by atoms with E-state index in [4.69, 9.17) is 0 Å². The molecule has 0 unspecified atom stereocenters. The lowest BCUT2D eigenvalue weighted by Gasteiger charge is -2.56. The molecule has 3 fully saturated rings. The van der Waals surface area contributed by atoms with E-state index >= 15 is 0 Å². The van der Waals surface area contributed by atoms with Gasteiger partial charge in [-0.2, -0.15) is 0 Å². The number of ketones is 1. The van der Waals surface area contributed by atoms with Crippen molar-refractivity contribution in [2.24, 2.45) is 11.8 Å². The minimum atomic E-state index is -0.243. The molecule has 23 heavy (non-hydrogen) atoms. The zero-order valence-corrected chi connectivity index (χ0v) is 14.5. The maximum absolute atomic E-state index is 13.3. The first-order valence-electron chi connectivity index (χ1n) is 8.42. The average Bonchev–Trinajstić information content (AvgIpc) is 2.94. The van der Waals surface area contributed by atoms with Crippen LogP contribution in [0.4, 0.5) is 4.39 Å². The Labute approximate surface area is 140 Å². The van der Waals surface area contributed by atoms with E-state index in [1.54, 1.807) is 6.07 Å². The van der Waals surface area contributed by atoms with Crippen LogP contribution in [0.25, 0.3) is 10.1 Å². The van der Waals surface area contributed by atoms with Gasteiger partial charge in [0, 0.05) is 16.7 Å². The first-order chi connectivity index (χ1) is 10.9. The molecule has 1 aromatic heterocycles. The molecule has 0 amide bonds. The Morgan fingerprint density at radius 3 is 2.74 bits per heavy atom. The molecule has 1 atom stereocenters. The molecule has 0 aliphatic carbocycles. The van der Waals surface area contributed by atoms with Crippen LogP contribution in [0.2, 0.25) is 0 Å². The van der Waals surface area contributed by atoms with Gasteiger partial charge in [0.1, 0.15) is 5.82 Å². The number of halogens is 1. The molecule has 122 valence electrons. The predicted molar refractivity (Wildman–Crippen MR) is 92.6 cm³/mol. The molecule has 0 N–H and O–H groups in total. The fourth-order valence-electron chi connectivity index (χ4n) is 4.56. The summed E-state index contributed by atoms with van der Waals surface area (Å²) in [7, 11) is 0. The van der Waals surface area contributed by atoms with Crippen molar-refractivity contribution in [3.8, 4) is 0 Å². The molecule has 3 saturated heterocycles. The Hall–Kier alpha value is -1.26. The summed E-state index contributed by atoms with van der Waals surface area (Å²) in [6.45, 7) is 6.92. The van der Waals surface area contributed by atoms with Crippen LogP contribution in [-0.2, 0) is 0 Å². The lowest BCUT2D eigenvalue weighted by atomic mass is 9.65. The van der Waals surface area contributed by atoms with Crippen molar-refractivity contribution in [3.05, 3.63) is 35.0 Å². The van der Waals surface area contributed by atoms with Crippen LogP contribution in [0.3, 0.4) is 0 Å². The first-order valence-corrected chi connectivity index (χ1v) is 9.24. The van der Waals surface area contributed by atoms with Crippen LogP contribution < -0.4 is 0 Å². The minimum absolute atomic E-state index is 0.111. The second kappa shape index (κ2) is 5.38. The molecule has 5 rings (SSSR count). The zero-order chi connectivity index (χ0) is 16.2. The van der Waals surface area contributed by atoms with Crippen molar-refractivity contribution in [1.82, 2.24) is 4.90 Å². The minimum Gasteiger partial charge on any atom is -0.298 e. The predicted octanol–water partition coefficient (Wildman–Crippen LogP) is 4.73. The van der Waals surface area contributed by atoms with Crippen molar-refractivity contribution in [2.75, 3.05) is 13.1 Å². The number of Topliss-reactive ketones (excluding diaryl/α,β-unsaturated/α-hetero) is 1. The molecule has 3 aliphatic rings. The van der Waals surface area contributed by atoms with E-state index < -0.39 is 0 Å². The van der Waals surface area contributed by atoms with Gasteiger partial charge in [0.05, 0.1) is 4.88 Å². The maximum atomic E-state index is 13.3. The van der Waals surface area contributed by atoms with Gasteiger partial charge in [-0.3, -0.25) is 9.69 Å². The van der Waals surface area contributed by atoms with E-state index in [0.717, 1.165) is 15.0 Å². The van der Waals surface area contributed by atoms with Gasteiger partial charge in [0.25, 0.3) is 0 Å². The normalized spacial score (nSPS) is 29.1. The third-order valence-electron chi connectivity index (χ3n) is 5.99. The van der Waals surface area contributed by atoms with Gasteiger partial charge in [-0.05, 0) is 81.3 Å². The number of benzene rings is 1. The quantitative estimate of drug-likeness (QED) is 0.758.